The lowest BCUT2D eigenvalue weighted by Gasteiger charge is -2.42. The number of piperazine rings is 1. The van der Waals surface area contributed by atoms with Gasteiger partial charge in [-0.05, 0) is 37.5 Å². The summed E-state index contributed by atoms with van der Waals surface area (Å²) in [5, 5.41) is 0. The fourth-order valence-corrected chi connectivity index (χ4v) is 3.66. The molecule has 0 bridgehead atoms. The first-order valence-electron chi connectivity index (χ1n) is 9.43. The molecule has 0 aromatic heterocycles. The van der Waals surface area contributed by atoms with E-state index in [1.54, 1.807) is 0 Å². The first-order valence-corrected chi connectivity index (χ1v) is 10.1. The van der Waals surface area contributed by atoms with Crippen LogP contribution in [-0.2, 0) is 0 Å². The molecule has 1 aromatic carbocycles. The topological polar surface area (TPSA) is 49.6 Å². The van der Waals surface area contributed by atoms with Crippen LogP contribution < -0.4 is 5.73 Å². The third kappa shape index (κ3) is 7.13. The quantitative estimate of drug-likeness (QED) is 0.641. The van der Waals surface area contributed by atoms with E-state index in [0.717, 1.165) is 43.7 Å². The van der Waals surface area contributed by atoms with Crippen molar-refractivity contribution in [1.29, 1.82) is 0 Å². The van der Waals surface area contributed by atoms with E-state index in [9.17, 15) is 4.79 Å². The number of amides is 1. The summed E-state index contributed by atoms with van der Waals surface area (Å²) < 4.78 is 0. The first kappa shape index (κ1) is 26.5. The maximum Gasteiger partial charge on any atom is 0.254 e. The Morgan fingerprint density at radius 3 is 2.63 bits per heavy atom. The molecule has 156 valence electrons. The Hall–Kier alpha value is -0.460. The lowest BCUT2D eigenvalue weighted by Crippen LogP contribution is -2.57. The number of benzene rings is 1. The molecule has 4 nitrogen and oxygen atoms in total. The number of thiol groups is 1. The van der Waals surface area contributed by atoms with Crippen LogP contribution in [0, 0.1) is 13.8 Å². The zero-order valence-electron chi connectivity index (χ0n) is 16.7. The van der Waals surface area contributed by atoms with Crippen LogP contribution in [0.2, 0.25) is 0 Å². The molecular formula is C20H35Cl2N3OS. The second kappa shape index (κ2) is 12.9. The van der Waals surface area contributed by atoms with Crippen LogP contribution >= 0.6 is 37.4 Å². The van der Waals surface area contributed by atoms with Crippen molar-refractivity contribution in [2.75, 3.05) is 31.9 Å². The summed E-state index contributed by atoms with van der Waals surface area (Å²) in [7, 11) is 0. The molecule has 1 fully saturated rings. The van der Waals surface area contributed by atoms with Crippen LogP contribution in [0.3, 0.4) is 0 Å². The first-order chi connectivity index (χ1) is 12.0. The molecule has 2 N–H and O–H groups in total. The van der Waals surface area contributed by atoms with Crippen molar-refractivity contribution in [3.8, 4) is 0 Å². The van der Waals surface area contributed by atoms with Crippen LogP contribution in [0.5, 0.6) is 0 Å². The third-order valence-corrected chi connectivity index (χ3v) is 5.79. The lowest BCUT2D eigenvalue weighted by molar-refractivity contribution is 0.0447. The summed E-state index contributed by atoms with van der Waals surface area (Å²) in [4.78, 5) is 17.5. The minimum atomic E-state index is 0. The molecule has 1 amide bonds. The Balaban J connectivity index is 0.00000338. The standard InChI is InChI=1S/C20H33N3OS.2ClH/c1-4-5-8-18-13-23(11-10-22(18)12-17(21)14-25)20(24)19-9-6-7-15(2)16(19)3;;/h6-7,9,17-18,25H,4-5,8,10-14,21H2,1-3H3;2*1H/t17?,18-;;/m0../s1. The summed E-state index contributed by atoms with van der Waals surface area (Å²) in [6, 6.07) is 6.48. The molecule has 0 aliphatic carbocycles. The van der Waals surface area contributed by atoms with Gasteiger partial charge in [0, 0.05) is 49.6 Å². The summed E-state index contributed by atoms with van der Waals surface area (Å²) in [6.07, 6.45) is 3.48. The summed E-state index contributed by atoms with van der Waals surface area (Å²) in [5.74, 6) is 0.864. The van der Waals surface area contributed by atoms with E-state index in [2.05, 4.69) is 37.4 Å². The lowest BCUT2D eigenvalue weighted by atomic mass is 10.00. The Labute approximate surface area is 182 Å². The summed E-state index contributed by atoms with van der Waals surface area (Å²) >= 11 is 4.32. The van der Waals surface area contributed by atoms with Crippen molar-refractivity contribution in [3.63, 3.8) is 0 Å². The molecule has 1 aromatic rings. The Bertz CT molecular complexity index is 588. The van der Waals surface area contributed by atoms with Crippen LogP contribution in [-0.4, -0.2) is 59.7 Å². The van der Waals surface area contributed by atoms with E-state index in [-0.39, 0.29) is 36.8 Å². The van der Waals surface area contributed by atoms with Gasteiger partial charge in [-0.2, -0.15) is 12.6 Å². The molecule has 7 heteroatoms. The average molecular weight is 436 g/mol. The van der Waals surface area contributed by atoms with Gasteiger partial charge in [-0.3, -0.25) is 9.69 Å². The maximum atomic E-state index is 13.0. The fourth-order valence-electron chi connectivity index (χ4n) is 3.54. The van der Waals surface area contributed by atoms with E-state index < -0.39 is 0 Å². The van der Waals surface area contributed by atoms with Gasteiger partial charge in [0.15, 0.2) is 0 Å². The van der Waals surface area contributed by atoms with Gasteiger partial charge in [0.2, 0.25) is 0 Å². The molecule has 2 atom stereocenters. The van der Waals surface area contributed by atoms with E-state index in [4.69, 9.17) is 5.73 Å². The Morgan fingerprint density at radius 2 is 2.00 bits per heavy atom. The molecule has 1 aliphatic heterocycles. The van der Waals surface area contributed by atoms with Crippen LogP contribution in [0.1, 0.15) is 47.7 Å². The van der Waals surface area contributed by atoms with E-state index in [1.165, 1.54) is 18.4 Å². The van der Waals surface area contributed by atoms with Gasteiger partial charge in [0.25, 0.3) is 5.91 Å². The second-order valence-corrected chi connectivity index (χ2v) is 7.60. The second-order valence-electron chi connectivity index (χ2n) is 7.23. The molecule has 0 saturated carbocycles. The molecule has 1 saturated heterocycles. The van der Waals surface area contributed by atoms with Crippen LogP contribution in [0.4, 0.5) is 0 Å². The average Bonchev–Trinajstić information content (AvgIpc) is 2.62. The molecule has 1 unspecified atom stereocenters. The highest BCUT2D eigenvalue weighted by Gasteiger charge is 2.30. The monoisotopic (exact) mass is 435 g/mol. The summed E-state index contributed by atoms with van der Waals surface area (Å²) in [6.45, 7) is 9.65. The smallest absolute Gasteiger partial charge is 0.254 e. The van der Waals surface area contributed by atoms with E-state index in [1.807, 2.05) is 24.0 Å². The minimum absolute atomic E-state index is 0. The fraction of sp³-hybridized carbons (Fsp3) is 0.650. The Morgan fingerprint density at radius 1 is 1.30 bits per heavy atom. The molecule has 1 aliphatic rings. The largest absolute Gasteiger partial charge is 0.336 e. The van der Waals surface area contributed by atoms with Crippen molar-refractivity contribution < 1.29 is 4.79 Å². The van der Waals surface area contributed by atoms with Gasteiger partial charge < -0.3 is 10.6 Å². The van der Waals surface area contributed by atoms with E-state index >= 15 is 0 Å². The third-order valence-electron chi connectivity index (χ3n) is 5.32. The van der Waals surface area contributed by atoms with Gasteiger partial charge >= 0.3 is 0 Å². The molecular weight excluding hydrogens is 401 g/mol. The summed E-state index contributed by atoms with van der Waals surface area (Å²) in [5.41, 5.74) is 9.23. The molecule has 0 radical (unpaired) electrons. The van der Waals surface area contributed by atoms with Crippen LogP contribution in [0.15, 0.2) is 18.2 Å². The number of nitrogens with zero attached hydrogens (tertiary/aromatic N) is 2. The molecule has 1 heterocycles. The number of hydrogen-bond acceptors (Lipinski definition) is 4. The number of rotatable bonds is 7. The number of hydrogen-bond donors (Lipinski definition) is 2. The number of nitrogens with two attached hydrogens (primary N) is 1. The van der Waals surface area contributed by atoms with Gasteiger partial charge in [-0.15, -0.1) is 24.8 Å². The highest BCUT2D eigenvalue weighted by atomic mass is 35.5. The minimum Gasteiger partial charge on any atom is -0.336 e. The molecule has 2 rings (SSSR count). The molecule has 27 heavy (non-hydrogen) atoms. The number of aryl methyl sites for hydroxylation is 1. The normalized spacial score (nSPS) is 18.4. The highest BCUT2D eigenvalue weighted by molar-refractivity contribution is 7.80. The van der Waals surface area contributed by atoms with Crippen molar-refractivity contribution in [1.82, 2.24) is 9.80 Å². The zero-order chi connectivity index (χ0) is 18.4. The van der Waals surface area contributed by atoms with Crippen molar-refractivity contribution in [3.05, 3.63) is 34.9 Å². The number of carbonyl (C=O) groups excluding carboxylic acids is 1. The predicted octanol–water partition coefficient (Wildman–Crippen LogP) is 3.72. The molecule has 0 spiro atoms. The zero-order valence-corrected chi connectivity index (χ0v) is 19.2. The van der Waals surface area contributed by atoms with E-state index in [0.29, 0.717) is 11.8 Å². The van der Waals surface area contributed by atoms with Crippen molar-refractivity contribution >= 4 is 43.4 Å². The van der Waals surface area contributed by atoms with Crippen molar-refractivity contribution in [2.45, 2.75) is 52.1 Å². The number of halogens is 2. The van der Waals surface area contributed by atoms with Crippen molar-refractivity contribution in [2.24, 2.45) is 5.73 Å². The van der Waals surface area contributed by atoms with Gasteiger partial charge in [-0.25, -0.2) is 0 Å². The highest BCUT2D eigenvalue weighted by Crippen LogP contribution is 2.20. The van der Waals surface area contributed by atoms with Crippen LogP contribution in [0.25, 0.3) is 0 Å². The SMILES string of the molecule is CCCC[C@H]1CN(C(=O)c2cccc(C)c2C)CCN1CC(N)CS.Cl.Cl. The predicted molar refractivity (Wildman–Crippen MR) is 123 cm³/mol. The van der Waals surface area contributed by atoms with Gasteiger partial charge in [0.05, 0.1) is 0 Å². The van der Waals surface area contributed by atoms with Gasteiger partial charge in [0.1, 0.15) is 0 Å². The number of carbonyl (C=O) groups is 1. The maximum absolute atomic E-state index is 13.0. The number of unbranched alkanes of at least 4 members (excludes halogenated alkanes) is 1. The Kier molecular flexibility index (Phi) is 12.7. The van der Waals surface area contributed by atoms with Gasteiger partial charge in [-0.1, -0.05) is 31.9 Å².